The van der Waals surface area contributed by atoms with E-state index in [1.54, 1.807) is 37.3 Å². The normalized spacial score (nSPS) is 15.2. The molecule has 0 heterocycles. The highest BCUT2D eigenvalue weighted by atomic mass is 16.4. The number of hydrogen-bond donors (Lipinski definition) is 6. The Hall–Kier alpha value is -3.47. The minimum Gasteiger partial charge on any atom is -0.480 e. The number of carboxylic acids is 1. The van der Waals surface area contributed by atoms with Crippen LogP contribution in [0.2, 0.25) is 0 Å². The first-order valence-electron chi connectivity index (χ1n) is 12.1. The van der Waals surface area contributed by atoms with E-state index in [-0.39, 0.29) is 24.7 Å². The van der Waals surface area contributed by atoms with Crippen molar-refractivity contribution in [3.8, 4) is 0 Å². The van der Waals surface area contributed by atoms with Gasteiger partial charge in [0.1, 0.15) is 18.1 Å². The van der Waals surface area contributed by atoms with E-state index in [0.717, 1.165) is 5.56 Å². The van der Waals surface area contributed by atoms with E-state index in [1.807, 2.05) is 20.8 Å². The smallest absolute Gasteiger partial charge is 0.326 e. The summed E-state index contributed by atoms with van der Waals surface area (Å²) >= 11 is 0. The maximum atomic E-state index is 13.3. The first-order valence-corrected chi connectivity index (χ1v) is 12.1. The van der Waals surface area contributed by atoms with Crippen LogP contribution in [0.25, 0.3) is 0 Å². The Kier molecular flexibility index (Phi) is 12.6. The van der Waals surface area contributed by atoms with Crippen LogP contribution in [0.4, 0.5) is 0 Å². The van der Waals surface area contributed by atoms with Crippen LogP contribution >= 0.6 is 0 Å². The van der Waals surface area contributed by atoms with Gasteiger partial charge in [-0.2, -0.15) is 0 Å². The largest absolute Gasteiger partial charge is 0.480 e. The molecule has 5 unspecified atom stereocenters. The number of primary amides is 1. The molecule has 0 aliphatic heterocycles. The molecule has 0 saturated heterocycles. The van der Waals surface area contributed by atoms with Crippen LogP contribution in [0.15, 0.2) is 30.3 Å². The minimum absolute atomic E-state index is 0.000852. The summed E-state index contributed by atoms with van der Waals surface area (Å²) in [5.74, 6) is -4.25. The second-order valence-corrected chi connectivity index (χ2v) is 9.43. The van der Waals surface area contributed by atoms with Crippen molar-refractivity contribution < 1.29 is 29.1 Å². The van der Waals surface area contributed by atoms with Crippen molar-refractivity contribution in [1.82, 2.24) is 16.0 Å². The number of benzene rings is 1. The molecule has 36 heavy (non-hydrogen) atoms. The number of nitrogens with two attached hydrogens (primary N) is 2. The van der Waals surface area contributed by atoms with Crippen molar-refractivity contribution in [2.24, 2.45) is 23.3 Å². The Morgan fingerprint density at radius 1 is 0.889 bits per heavy atom. The zero-order chi connectivity index (χ0) is 27.4. The second-order valence-electron chi connectivity index (χ2n) is 9.43. The molecular weight excluding hydrogens is 466 g/mol. The Labute approximate surface area is 211 Å². The number of nitrogens with one attached hydrogen (secondary N) is 3. The standard InChI is InChI=1S/C25H39N5O6/c1-5-15(4)21(25(35)36)30-24(34)18(11-14(2)3)29-23(33)19(12-16-9-7-6-8-10-16)28-22(32)17(26)13-20(27)31/h6-10,14-15,17-19,21H,5,11-13,26H2,1-4H3,(H2,27,31)(H,28,32)(H,29,33)(H,30,34)(H,35,36). The molecule has 0 spiro atoms. The number of carbonyl (C=O) groups excluding carboxylic acids is 4. The third kappa shape index (κ3) is 10.4. The molecule has 0 fully saturated rings. The van der Waals surface area contributed by atoms with E-state index in [2.05, 4.69) is 16.0 Å². The maximum absolute atomic E-state index is 13.3. The molecule has 11 heteroatoms. The van der Waals surface area contributed by atoms with Crippen molar-refractivity contribution in [1.29, 1.82) is 0 Å². The number of hydrogen-bond acceptors (Lipinski definition) is 6. The zero-order valence-electron chi connectivity index (χ0n) is 21.3. The molecule has 200 valence electrons. The van der Waals surface area contributed by atoms with Crippen LogP contribution in [0.1, 0.15) is 52.5 Å². The molecule has 0 aliphatic carbocycles. The van der Waals surface area contributed by atoms with Crippen molar-refractivity contribution in [2.45, 2.75) is 77.5 Å². The number of rotatable bonds is 15. The fraction of sp³-hybridized carbons (Fsp3) is 0.560. The van der Waals surface area contributed by atoms with Gasteiger partial charge in [-0.15, -0.1) is 0 Å². The van der Waals surface area contributed by atoms with Gasteiger partial charge in [0.15, 0.2) is 0 Å². The van der Waals surface area contributed by atoms with Crippen LogP contribution in [-0.4, -0.2) is 58.9 Å². The fourth-order valence-corrected chi connectivity index (χ4v) is 3.56. The molecule has 1 aromatic rings. The summed E-state index contributed by atoms with van der Waals surface area (Å²) in [7, 11) is 0. The van der Waals surface area contributed by atoms with Crippen molar-refractivity contribution in [3.63, 3.8) is 0 Å². The average Bonchev–Trinajstić information content (AvgIpc) is 2.80. The molecule has 1 aromatic carbocycles. The monoisotopic (exact) mass is 505 g/mol. The summed E-state index contributed by atoms with van der Waals surface area (Å²) < 4.78 is 0. The van der Waals surface area contributed by atoms with Crippen LogP contribution in [0.5, 0.6) is 0 Å². The lowest BCUT2D eigenvalue weighted by atomic mass is 9.97. The van der Waals surface area contributed by atoms with E-state index >= 15 is 0 Å². The quantitative estimate of drug-likeness (QED) is 0.194. The summed E-state index contributed by atoms with van der Waals surface area (Å²) in [6.45, 7) is 7.26. The van der Waals surface area contributed by atoms with Crippen LogP contribution in [0, 0.1) is 11.8 Å². The summed E-state index contributed by atoms with van der Waals surface area (Å²) in [5, 5.41) is 17.3. The Morgan fingerprint density at radius 3 is 1.94 bits per heavy atom. The van der Waals surface area contributed by atoms with E-state index in [4.69, 9.17) is 11.5 Å². The van der Waals surface area contributed by atoms with Gasteiger partial charge in [0, 0.05) is 6.42 Å². The lowest BCUT2D eigenvalue weighted by molar-refractivity contribution is -0.144. The third-order valence-corrected chi connectivity index (χ3v) is 5.79. The number of carboxylic acid groups (broad SMARTS) is 1. The Morgan fingerprint density at radius 2 is 1.44 bits per heavy atom. The molecule has 0 aromatic heterocycles. The molecule has 11 nitrogen and oxygen atoms in total. The Bertz CT molecular complexity index is 907. The fourth-order valence-electron chi connectivity index (χ4n) is 3.56. The summed E-state index contributed by atoms with van der Waals surface area (Å²) in [6.07, 6.45) is 0.491. The van der Waals surface area contributed by atoms with Crippen LogP contribution in [0.3, 0.4) is 0 Å². The first kappa shape index (κ1) is 30.6. The van der Waals surface area contributed by atoms with Crippen LogP contribution in [-0.2, 0) is 30.4 Å². The second kappa shape index (κ2) is 14.8. The van der Waals surface area contributed by atoms with Crippen molar-refractivity contribution in [2.75, 3.05) is 0 Å². The summed E-state index contributed by atoms with van der Waals surface area (Å²) in [5.41, 5.74) is 11.6. The number of aliphatic carboxylic acids is 1. The zero-order valence-corrected chi connectivity index (χ0v) is 21.3. The van der Waals surface area contributed by atoms with Gasteiger partial charge >= 0.3 is 5.97 Å². The van der Waals surface area contributed by atoms with E-state index in [1.165, 1.54) is 0 Å². The predicted octanol–water partition coefficient (Wildman–Crippen LogP) is 0.0630. The maximum Gasteiger partial charge on any atom is 0.326 e. The van der Waals surface area contributed by atoms with Gasteiger partial charge in [-0.05, 0) is 23.8 Å². The highest BCUT2D eigenvalue weighted by Gasteiger charge is 2.32. The van der Waals surface area contributed by atoms with Gasteiger partial charge in [0.2, 0.25) is 23.6 Å². The predicted molar refractivity (Wildman–Crippen MR) is 134 cm³/mol. The molecule has 0 bridgehead atoms. The van der Waals surface area contributed by atoms with E-state index in [0.29, 0.717) is 6.42 Å². The molecule has 5 atom stereocenters. The van der Waals surface area contributed by atoms with Gasteiger partial charge in [0.25, 0.3) is 0 Å². The summed E-state index contributed by atoms with van der Waals surface area (Å²) in [4.78, 5) is 61.7. The summed E-state index contributed by atoms with van der Waals surface area (Å²) in [6, 6.07) is 4.43. The average molecular weight is 506 g/mol. The lowest BCUT2D eigenvalue weighted by Crippen LogP contribution is -2.58. The number of carbonyl (C=O) groups is 5. The van der Waals surface area contributed by atoms with Gasteiger partial charge in [-0.3, -0.25) is 19.2 Å². The molecular formula is C25H39N5O6. The molecule has 1 rings (SSSR count). The van der Waals surface area contributed by atoms with Crippen molar-refractivity contribution in [3.05, 3.63) is 35.9 Å². The molecule has 4 amide bonds. The minimum atomic E-state index is -1.24. The topological polar surface area (TPSA) is 194 Å². The molecule has 0 saturated carbocycles. The van der Waals surface area contributed by atoms with Crippen LogP contribution < -0.4 is 27.4 Å². The lowest BCUT2D eigenvalue weighted by Gasteiger charge is -2.27. The van der Waals surface area contributed by atoms with Gasteiger partial charge in [-0.1, -0.05) is 64.4 Å². The van der Waals surface area contributed by atoms with Crippen molar-refractivity contribution >= 4 is 29.6 Å². The highest BCUT2D eigenvalue weighted by molar-refractivity contribution is 5.95. The highest BCUT2D eigenvalue weighted by Crippen LogP contribution is 2.12. The molecule has 0 radical (unpaired) electrons. The van der Waals surface area contributed by atoms with Gasteiger partial charge in [0.05, 0.1) is 12.5 Å². The van der Waals surface area contributed by atoms with Gasteiger partial charge < -0.3 is 32.5 Å². The Balaban J connectivity index is 3.13. The number of amides is 4. The SMILES string of the molecule is CCC(C)C(NC(=O)C(CC(C)C)NC(=O)C(Cc1ccccc1)NC(=O)C(N)CC(N)=O)C(=O)O. The van der Waals surface area contributed by atoms with E-state index < -0.39 is 60.2 Å². The first-order chi connectivity index (χ1) is 16.8. The van der Waals surface area contributed by atoms with E-state index in [9.17, 15) is 29.1 Å². The molecule has 8 N–H and O–H groups in total. The molecule has 0 aliphatic rings. The van der Waals surface area contributed by atoms with Gasteiger partial charge in [-0.25, -0.2) is 4.79 Å². The third-order valence-electron chi connectivity index (χ3n) is 5.79.